The summed E-state index contributed by atoms with van der Waals surface area (Å²) in [5.41, 5.74) is 1.53. The molecule has 5 rings (SSSR count). The lowest BCUT2D eigenvalue weighted by Gasteiger charge is -2.17. The highest BCUT2D eigenvalue weighted by molar-refractivity contribution is 6.22. The van der Waals surface area contributed by atoms with Gasteiger partial charge in [0.1, 0.15) is 23.3 Å². The van der Waals surface area contributed by atoms with E-state index >= 15 is 0 Å². The van der Waals surface area contributed by atoms with Crippen LogP contribution < -0.4 is 14.9 Å². The Hall–Kier alpha value is -4.72. The standard InChI is InChI=1S/C29H23NO7/c1-4-17-5-8-19(9-6-17)36-25-15-35-24-14-20(10-12-22(24)26(25)31)37-29(34)18-7-11-21-23(13-18)28(33)30(16(2)3)27(21)32/h5-16H,4H2,1-3H3. The van der Waals surface area contributed by atoms with Crippen LogP contribution in [0.5, 0.6) is 17.2 Å². The molecule has 2 heterocycles. The van der Waals surface area contributed by atoms with E-state index in [0.717, 1.165) is 16.9 Å². The van der Waals surface area contributed by atoms with Gasteiger partial charge in [-0.05, 0) is 68.3 Å². The van der Waals surface area contributed by atoms with Gasteiger partial charge in [-0.15, -0.1) is 0 Å². The molecular formula is C29H23NO7. The van der Waals surface area contributed by atoms with Gasteiger partial charge >= 0.3 is 5.97 Å². The number of hydrogen-bond acceptors (Lipinski definition) is 7. The molecule has 0 radical (unpaired) electrons. The predicted molar refractivity (Wildman–Crippen MR) is 135 cm³/mol. The smallest absolute Gasteiger partial charge is 0.343 e. The van der Waals surface area contributed by atoms with Crippen molar-refractivity contribution < 1.29 is 28.3 Å². The molecule has 0 fully saturated rings. The summed E-state index contributed by atoms with van der Waals surface area (Å²) in [6.45, 7) is 5.54. The number of ether oxygens (including phenoxy) is 2. The minimum atomic E-state index is -0.719. The molecule has 8 nitrogen and oxygen atoms in total. The van der Waals surface area contributed by atoms with Gasteiger partial charge in [0.15, 0.2) is 0 Å². The van der Waals surface area contributed by atoms with Crippen molar-refractivity contribution in [3.63, 3.8) is 0 Å². The highest BCUT2D eigenvalue weighted by Gasteiger charge is 2.37. The Kier molecular flexibility index (Phi) is 6.09. The third-order valence-electron chi connectivity index (χ3n) is 6.15. The lowest BCUT2D eigenvalue weighted by atomic mass is 10.1. The number of fused-ring (bicyclic) bond motifs is 2. The van der Waals surface area contributed by atoms with Crippen molar-refractivity contribution in [2.45, 2.75) is 33.2 Å². The summed E-state index contributed by atoms with van der Waals surface area (Å²) in [5, 5.41) is 0.262. The Bertz CT molecular complexity index is 1620. The number of hydrogen-bond donors (Lipinski definition) is 0. The molecular weight excluding hydrogens is 474 g/mol. The molecule has 0 bridgehead atoms. The van der Waals surface area contributed by atoms with E-state index in [1.165, 1.54) is 42.7 Å². The largest absolute Gasteiger partial charge is 0.460 e. The Morgan fingerprint density at radius 1 is 0.892 bits per heavy atom. The van der Waals surface area contributed by atoms with E-state index in [1.807, 2.05) is 12.1 Å². The van der Waals surface area contributed by atoms with Crippen molar-refractivity contribution in [1.29, 1.82) is 0 Å². The van der Waals surface area contributed by atoms with Crippen molar-refractivity contribution in [3.05, 3.63) is 99.4 Å². The zero-order valence-electron chi connectivity index (χ0n) is 20.4. The Balaban J connectivity index is 1.36. The maximum atomic E-state index is 12.9. The second-order valence-electron chi connectivity index (χ2n) is 8.91. The van der Waals surface area contributed by atoms with Crippen LogP contribution in [0.1, 0.15) is 57.4 Å². The molecule has 37 heavy (non-hydrogen) atoms. The van der Waals surface area contributed by atoms with Crippen LogP contribution >= 0.6 is 0 Å². The van der Waals surface area contributed by atoms with Crippen molar-refractivity contribution in [1.82, 2.24) is 4.90 Å². The van der Waals surface area contributed by atoms with Gasteiger partial charge in [-0.2, -0.15) is 0 Å². The van der Waals surface area contributed by atoms with Crippen LogP contribution in [-0.2, 0) is 6.42 Å². The number of benzene rings is 3. The molecule has 4 aromatic rings. The van der Waals surface area contributed by atoms with E-state index in [-0.39, 0.29) is 56.5 Å². The highest BCUT2D eigenvalue weighted by atomic mass is 16.5. The summed E-state index contributed by atoms with van der Waals surface area (Å²) >= 11 is 0. The third-order valence-corrected chi connectivity index (χ3v) is 6.15. The molecule has 0 spiro atoms. The first-order valence-electron chi connectivity index (χ1n) is 11.8. The monoisotopic (exact) mass is 497 g/mol. The van der Waals surface area contributed by atoms with Crippen LogP contribution in [0.15, 0.2) is 76.1 Å². The average Bonchev–Trinajstić information content (AvgIpc) is 3.15. The van der Waals surface area contributed by atoms with Crippen LogP contribution in [-0.4, -0.2) is 28.7 Å². The number of amides is 2. The lowest BCUT2D eigenvalue weighted by Crippen LogP contribution is -2.35. The third kappa shape index (κ3) is 4.38. The van der Waals surface area contributed by atoms with E-state index in [2.05, 4.69) is 6.92 Å². The molecule has 1 aromatic heterocycles. The molecule has 8 heteroatoms. The fourth-order valence-corrected chi connectivity index (χ4v) is 4.17. The van der Waals surface area contributed by atoms with E-state index < -0.39 is 11.9 Å². The first-order chi connectivity index (χ1) is 17.8. The zero-order chi connectivity index (χ0) is 26.3. The van der Waals surface area contributed by atoms with Gasteiger partial charge in [-0.25, -0.2) is 4.79 Å². The molecule has 0 saturated carbocycles. The van der Waals surface area contributed by atoms with Crippen LogP contribution in [0.3, 0.4) is 0 Å². The number of carbonyl (C=O) groups is 3. The lowest BCUT2D eigenvalue weighted by molar-refractivity contribution is 0.0608. The van der Waals surface area contributed by atoms with Gasteiger partial charge in [0.05, 0.1) is 22.1 Å². The number of esters is 1. The quantitative estimate of drug-likeness (QED) is 0.200. The summed E-state index contributed by atoms with van der Waals surface area (Å²) in [4.78, 5) is 51.9. The Morgan fingerprint density at radius 2 is 1.59 bits per heavy atom. The number of nitrogens with zero attached hydrogens (tertiary/aromatic N) is 1. The molecule has 0 saturated heterocycles. The average molecular weight is 498 g/mol. The first kappa shape index (κ1) is 24.0. The maximum Gasteiger partial charge on any atom is 0.343 e. The summed E-state index contributed by atoms with van der Waals surface area (Å²) < 4.78 is 16.7. The number of aryl methyl sites for hydroxylation is 1. The normalized spacial score (nSPS) is 12.8. The van der Waals surface area contributed by atoms with Crippen LogP contribution in [0.25, 0.3) is 11.0 Å². The van der Waals surface area contributed by atoms with Crippen molar-refractivity contribution in [2.75, 3.05) is 0 Å². The van der Waals surface area contributed by atoms with Crippen LogP contribution in [0.4, 0.5) is 0 Å². The van der Waals surface area contributed by atoms with Gasteiger partial charge < -0.3 is 13.9 Å². The fraction of sp³-hybridized carbons (Fsp3) is 0.172. The van der Waals surface area contributed by atoms with Crippen LogP contribution in [0, 0.1) is 0 Å². The fourth-order valence-electron chi connectivity index (χ4n) is 4.17. The molecule has 0 atom stereocenters. The number of imide groups is 1. The van der Waals surface area contributed by atoms with Crippen molar-refractivity contribution in [2.24, 2.45) is 0 Å². The molecule has 1 aliphatic rings. The van der Waals surface area contributed by atoms with Crippen molar-refractivity contribution >= 4 is 28.8 Å². The summed E-state index contributed by atoms with van der Waals surface area (Å²) in [6.07, 6.45) is 2.11. The maximum absolute atomic E-state index is 12.9. The zero-order valence-corrected chi connectivity index (χ0v) is 20.4. The molecule has 0 unspecified atom stereocenters. The van der Waals surface area contributed by atoms with Crippen molar-refractivity contribution in [3.8, 4) is 17.2 Å². The van der Waals surface area contributed by atoms with E-state index in [9.17, 15) is 19.2 Å². The molecule has 0 aliphatic carbocycles. The number of rotatable bonds is 6. The predicted octanol–water partition coefficient (Wildman–Crippen LogP) is 5.37. The Morgan fingerprint density at radius 3 is 2.30 bits per heavy atom. The van der Waals surface area contributed by atoms with Gasteiger partial charge in [0, 0.05) is 12.1 Å². The van der Waals surface area contributed by atoms with E-state index in [4.69, 9.17) is 13.9 Å². The SMILES string of the molecule is CCc1ccc(Oc2coc3cc(OC(=O)c4ccc5c(c4)C(=O)N(C(C)C)C5=O)ccc3c2=O)cc1. The molecule has 3 aromatic carbocycles. The molecule has 2 amide bonds. The number of carbonyl (C=O) groups excluding carboxylic acids is 3. The van der Waals surface area contributed by atoms with Crippen LogP contribution in [0.2, 0.25) is 0 Å². The minimum absolute atomic E-state index is 0.0364. The van der Waals surface area contributed by atoms with Gasteiger partial charge in [-0.1, -0.05) is 19.1 Å². The highest BCUT2D eigenvalue weighted by Crippen LogP contribution is 2.28. The molecule has 0 N–H and O–H groups in total. The molecule has 1 aliphatic heterocycles. The summed E-state index contributed by atoms with van der Waals surface area (Å²) in [7, 11) is 0. The van der Waals surface area contributed by atoms with E-state index in [0.29, 0.717) is 5.75 Å². The summed E-state index contributed by atoms with van der Waals surface area (Å²) in [6, 6.07) is 15.8. The summed E-state index contributed by atoms with van der Waals surface area (Å²) in [5.74, 6) is -0.855. The van der Waals surface area contributed by atoms with Gasteiger partial charge in [-0.3, -0.25) is 19.3 Å². The molecule has 186 valence electrons. The topological polar surface area (TPSA) is 103 Å². The second-order valence-corrected chi connectivity index (χ2v) is 8.91. The first-order valence-corrected chi connectivity index (χ1v) is 11.8. The van der Waals surface area contributed by atoms with Gasteiger partial charge in [0.25, 0.3) is 11.8 Å². The van der Waals surface area contributed by atoms with E-state index in [1.54, 1.807) is 26.0 Å². The Labute approximate surface area is 212 Å². The minimum Gasteiger partial charge on any atom is -0.460 e. The van der Waals surface area contributed by atoms with Gasteiger partial charge in [0.2, 0.25) is 11.2 Å². The second kappa shape index (κ2) is 9.39.